The highest BCUT2D eigenvalue weighted by Gasteiger charge is 2.24. The van der Waals surface area contributed by atoms with Crippen molar-refractivity contribution in [2.75, 3.05) is 0 Å². The number of hydrogen-bond donors (Lipinski definition) is 0. The van der Waals surface area contributed by atoms with Crippen molar-refractivity contribution < 1.29 is 8.83 Å². The fraction of sp³-hybridized carbons (Fsp3) is 0. The van der Waals surface area contributed by atoms with E-state index in [0.717, 1.165) is 71.7 Å². The van der Waals surface area contributed by atoms with Gasteiger partial charge in [-0.1, -0.05) is 109 Å². The van der Waals surface area contributed by atoms with Crippen LogP contribution >= 0.6 is 11.3 Å². The van der Waals surface area contributed by atoms with Gasteiger partial charge in [0.15, 0.2) is 17.5 Å². The molecule has 0 unspecified atom stereocenters. The lowest BCUT2D eigenvalue weighted by molar-refractivity contribution is 0.668. The number of benzene rings is 7. The average Bonchev–Trinajstić information content (AvgIpc) is 3.89. The van der Waals surface area contributed by atoms with E-state index in [1.54, 1.807) is 0 Å². The fourth-order valence-corrected chi connectivity index (χ4v) is 8.69. The molecule has 0 aliphatic rings. The minimum atomic E-state index is 0.575. The Bertz CT molecular complexity index is 3160. The maximum absolute atomic E-state index is 6.49. The van der Waals surface area contributed by atoms with Crippen molar-refractivity contribution in [2.45, 2.75) is 0 Å². The van der Waals surface area contributed by atoms with Crippen LogP contribution in [0.15, 0.2) is 160 Å². The van der Waals surface area contributed by atoms with Gasteiger partial charge >= 0.3 is 0 Å². The number of para-hydroxylation sites is 2. The molecular formula is C45H25N3O2S. The van der Waals surface area contributed by atoms with Crippen molar-refractivity contribution in [3.63, 3.8) is 0 Å². The number of rotatable bonds is 4. The molecule has 0 N–H and O–H groups in total. The monoisotopic (exact) mass is 671 g/mol. The summed E-state index contributed by atoms with van der Waals surface area (Å²) in [5, 5.41) is 6.44. The van der Waals surface area contributed by atoms with E-state index in [0.29, 0.717) is 17.5 Å². The van der Waals surface area contributed by atoms with Gasteiger partial charge in [-0.3, -0.25) is 0 Å². The summed E-state index contributed by atoms with van der Waals surface area (Å²) in [7, 11) is 0. The molecule has 0 fully saturated rings. The van der Waals surface area contributed by atoms with Crippen molar-refractivity contribution in [3.8, 4) is 45.3 Å². The maximum atomic E-state index is 6.49. The lowest BCUT2D eigenvalue weighted by Gasteiger charge is -2.14. The van der Waals surface area contributed by atoms with E-state index in [2.05, 4.69) is 78.9 Å². The quantitative estimate of drug-likeness (QED) is 0.186. The van der Waals surface area contributed by atoms with Gasteiger partial charge in [-0.2, -0.15) is 0 Å². The molecule has 0 amide bonds. The van der Waals surface area contributed by atoms with Gasteiger partial charge in [0.1, 0.15) is 22.3 Å². The third kappa shape index (κ3) is 4.30. The number of furan rings is 2. The first-order chi connectivity index (χ1) is 25.3. The molecule has 0 aliphatic carbocycles. The molecule has 7 aromatic carbocycles. The minimum Gasteiger partial charge on any atom is -0.456 e. The summed E-state index contributed by atoms with van der Waals surface area (Å²) >= 11 is 1.81. The predicted octanol–water partition coefficient (Wildman–Crippen LogP) is 12.7. The zero-order chi connectivity index (χ0) is 33.5. The molecular weight excluding hydrogens is 647 g/mol. The summed E-state index contributed by atoms with van der Waals surface area (Å²) in [4.78, 5) is 15.8. The zero-order valence-electron chi connectivity index (χ0n) is 27.0. The molecule has 11 rings (SSSR count). The standard InChI is InChI=1S/C45H25N3O2S/c1-2-12-26(13-3-1)43-46-44(32-18-10-21-35-39(32)29-14-4-7-19-33(29)49-35)48-45(47-43)42-28(24-25-36-41(42)30-15-5-8-20-34(30)50-36)27-17-11-23-38-40(27)31-16-6-9-22-37(31)51-38/h1-25H. The van der Waals surface area contributed by atoms with Crippen molar-refractivity contribution in [3.05, 3.63) is 152 Å². The number of fused-ring (bicyclic) bond motifs is 9. The van der Waals surface area contributed by atoms with Gasteiger partial charge in [0, 0.05) is 58.4 Å². The molecule has 0 atom stereocenters. The molecule has 0 aliphatic heterocycles. The second-order valence-electron chi connectivity index (χ2n) is 12.7. The molecule has 6 heteroatoms. The lowest BCUT2D eigenvalue weighted by atomic mass is 9.92. The van der Waals surface area contributed by atoms with Gasteiger partial charge in [-0.15, -0.1) is 11.3 Å². The zero-order valence-corrected chi connectivity index (χ0v) is 27.8. The number of thiophene rings is 1. The molecule has 0 saturated carbocycles. The third-order valence-corrected chi connectivity index (χ3v) is 10.9. The number of hydrogen-bond acceptors (Lipinski definition) is 6. The Morgan fingerprint density at radius 2 is 0.941 bits per heavy atom. The van der Waals surface area contributed by atoms with Crippen molar-refractivity contribution in [1.82, 2.24) is 15.0 Å². The summed E-state index contributed by atoms with van der Waals surface area (Å²) in [6, 6.07) is 52.0. The van der Waals surface area contributed by atoms with E-state index in [9.17, 15) is 0 Å². The van der Waals surface area contributed by atoms with E-state index < -0.39 is 0 Å². The Balaban J connectivity index is 1.29. The summed E-state index contributed by atoms with van der Waals surface area (Å²) in [5.41, 5.74) is 8.07. The summed E-state index contributed by atoms with van der Waals surface area (Å²) in [5.74, 6) is 1.74. The van der Waals surface area contributed by atoms with Crippen LogP contribution in [0, 0.1) is 0 Å². The molecule has 0 spiro atoms. The second-order valence-corrected chi connectivity index (χ2v) is 13.8. The van der Waals surface area contributed by atoms with Crippen molar-refractivity contribution in [1.29, 1.82) is 0 Å². The van der Waals surface area contributed by atoms with Crippen LogP contribution in [0.2, 0.25) is 0 Å². The first kappa shape index (κ1) is 28.2. The van der Waals surface area contributed by atoms with Crippen LogP contribution in [0.5, 0.6) is 0 Å². The summed E-state index contributed by atoms with van der Waals surface area (Å²) < 4.78 is 15.3. The van der Waals surface area contributed by atoms with Gasteiger partial charge < -0.3 is 8.83 Å². The first-order valence-corrected chi connectivity index (χ1v) is 17.7. The molecule has 0 bridgehead atoms. The number of aromatic nitrogens is 3. The van der Waals surface area contributed by atoms with Crippen LogP contribution in [0.3, 0.4) is 0 Å². The third-order valence-electron chi connectivity index (χ3n) is 9.77. The highest BCUT2D eigenvalue weighted by Crippen LogP contribution is 2.47. The Kier molecular flexibility index (Phi) is 6.05. The predicted molar refractivity (Wildman–Crippen MR) is 209 cm³/mol. The van der Waals surface area contributed by atoms with E-state index in [1.807, 2.05) is 84.1 Å². The Hall–Kier alpha value is -6.63. The topological polar surface area (TPSA) is 65.0 Å². The Labute approximate surface area is 295 Å². The summed E-state index contributed by atoms with van der Waals surface area (Å²) in [6.45, 7) is 0. The molecule has 11 aromatic rings. The minimum absolute atomic E-state index is 0.575. The average molecular weight is 672 g/mol. The van der Waals surface area contributed by atoms with Gasteiger partial charge in [-0.25, -0.2) is 15.0 Å². The Morgan fingerprint density at radius 3 is 1.76 bits per heavy atom. The van der Waals surface area contributed by atoms with E-state index in [4.69, 9.17) is 23.8 Å². The SMILES string of the molecule is c1ccc(-c2nc(-c3cccc4oc5ccccc5c34)nc(-c3c(-c4cccc5sc6ccccc6c45)ccc4oc5ccccc5c34)n2)cc1. The van der Waals surface area contributed by atoms with E-state index >= 15 is 0 Å². The molecule has 51 heavy (non-hydrogen) atoms. The van der Waals surface area contributed by atoms with Gasteiger partial charge in [0.2, 0.25) is 0 Å². The second kappa shape index (κ2) is 10.9. The largest absolute Gasteiger partial charge is 0.456 e. The van der Waals surface area contributed by atoms with Crippen molar-refractivity contribution in [2.24, 2.45) is 0 Å². The van der Waals surface area contributed by atoms with Crippen LogP contribution < -0.4 is 0 Å². The van der Waals surface area contributed by atoms with Crippen LogP contribution in [0.25, 0.3) is 109 Å². The molecule has 5 nitrogen and oxygen atoms in total. The molecule has 0 saturated heterocycles. The highest BCUT2D eigenvalue weighted by atomic mass is 32.1. The first-order valence-electron chi connectivity index (χ1n) is 16.9. The smallest absolute Gasteiger partial charge is 0.165 e. The van der Waals surface area contributed by atoms with Gasteiger partial charge in [0.25, 0.3) is 0 Å². The fourth-order valence-electron chi connectivity index (χ4n) is 7.56. The molecule has 0 radical (unpaired) electrons. The van der Waals surface area contributed by atoms with Crippen LogP contribution in [0.1, 0.15) is 0 Å². The van der Waals surface area contributed by atoms with Crippen LogP contribution in [0.4, 0.5) is 0 Å². The van der Waals surface area contributed by atoms with Gasteiger partial charge in [-0.05, 0) is 53.6 Å². The van der Waals surface area contributed by atoms with E-state index in [-0.39, 0.29) is 0 Å². The van der Waals surface area contributed by atoms with E-state index in [1.165, 1.54) is 20.2 Å². The molecule has 238 valence electrons. The van der Waals surface area contributed by atoms with Crippen LogP contribution in [-0.2, 0) is 0 Å². The number of nitrogens with zero attached hydrogens (tertiary/aromatic N) is 3. The normalized spacial score (nSPS) is 11.9. The van der Waals surface area contributed by atoms with Crippen molar-refractivity contribution >= 4 is 75.4 Å². The maximum Gasteiger partial charge on any atom is 0.165 e. The van der Waals surface area contributed by atoms with Gasteiger partial charge in [0.05, 0.1) is 0 Å². The Morgan fingerprint density at radius 1 is 0.353 bits per heavy atom. The highest BCUT2D eigenvalue weighted by molar-refractivity contribution is 7.25. The summed E-state index contributed by atoms with van der Waals surface area (Å²) in [6.07, 6.45) is 0. The lowest BCUT2D eigenvalue weighted by Crippen LogP contribution is -2.02. The molecule has 4 aromatic heterocycles. The van der Waals surface area contributed by atoms with Crippen LogP contribution in [-0.4, -0.2) is 15.0 Å². The molecule has 4 heterocycles.